The van der Waals surface area contributed by atoms with Crippen molar-refractivity contribution in [2.45, 2.75) is 39.4 Å². The normalized spacial score (nSPS) is 24.5. The zero-order chi connectivity index (χ0) is 13.1. The smallest absolute Gasteiger partial charge is 0.410 e. The Bertz CT molecular complexity index is 314. The summed E-state index contributed by atoms with van der Waals surface area (Å²) in [6, 6.07) is 0. The van der Waals surface area contributed by atoms with Crippen LogP contribution >= 0.6 is 0 Å². The third kappa shape index (κ3) is 4.27. The number of likely N-dealkylation sites (tertiary alicyclic amines) is 1. The molecule has 1 saturated heterocycles. The zero-order valence-electron chi connectivity index (χ0n) is 11.0. The first kappa shape index (κ1) is 13.9. The maximum atomic E-state index is 11.8. The van der Waals surface area contributed by atoms with E-state index in [1.165, 1.54) is 0 Å². The zero-order valence-corrected chi connectivity index (χ0v) is 11.0. The third-order valence-electron chi connectivity index (χ3n) is 2.58. The van der Waals surface area contributed by atoms with Crippen LogP contribution in [0.2, 0.25) is 0 Å². The van der Waals surface area contributed by atoms with Gasteiger partial charge < -0.3 is 14.4 Å². The topological polar surface area (TPSA) is 38.8 Å². The number of amides is 1. The third-order valence-corrected chi connectivity index (χ3v) is 2.58. The van der Waals surface area contributed by atoms with Crippen LogP contribution in [-0.4, -0.2) is 42.4 Å². The van der Waals surface area contributed by atoms with Crippen LogP contribution in [0.4, 0.5) is 4.79 Å². The standard InChI is InChI=1S/C13H21NO3/c1-6-7-16-11-9-14(8-10(11)2)12(15)17-13(3,4)5/h1,10-11H,7-9H2,2-5H3. The first-order chi connectivity index (χ1) is 7.83. The molecule has 1 heterocycles. The summed E-state index contributed by atoms with van der Waals surface area (Å²) in [5.41, 5.74) is -0.460. The highest BCUT2D eigenvalue weighted by molar-refractivity contribution is 5.68. The van der Waals surface area contributed by atoms with Crippen molar-refractivity contribution in [3.63, 3.8) is 0 Å². The molecule has 4 heteroatoms. The molecule has 0 aromatic heterocycles. The van der Waals surface area contributed by atoms with E-state index in [2.05, 4.69) is 5.92 Å². The van der Waals surface area contributed by atoms with Crippen molar-refractivity contribution in [1.29, 1.82) is 0 Å². The van der Waals surface area contributed by atoms with Crippen LogP contribution in [0.15, 0.2) is 0 Å². The maximum absolute atomic E-state index is 11.8. The van der Waals surface area contributed by atoms with Crippen molar-refractivity contribution in [3.8, 4) is 12.3 Å². The molecule has 2 unspecified atom stereocenters. The minimum Gasteiger partial charge on any atom is -0.444 e. The molecule has 1 aliphatic heterocycles. The summed E-state index contributed by atoms with van der Waals surface area (Å²) < 4.78 is 10.8. The molecular formula is C13H21NO3. The number of carbonyl (C=O) groups excluding carboxylic acids is 1. The molecule has 0 radical (unpaired) electrons. The Morgan fingerprint density at radius 1 is 1.47 bits per heavy atom. The average Bonchev–Trinajstić information content (AvgIpc) is 2.54. The molecule has 1 fully saturated rings. The average molecular weight is 239 g/mol. The van der Waals surface area contributed by atoms with Gasteiger partial charge in [-0.05, 0) is 20.8 Å². The van der Waals surface area contributed by atoms with E-state index in [0.717, 1.165) is 0 Å². The SMILES string of the molecule is C#CCOC1CN(C(=O)OC(C)(C)C)CC1C. The van der Waals surface area contributed by atoms with Crippen LogP contribution in [0.1, 0.15) is 27.7 Å². The van der Waals surface area contributed by atoms with Gasteiger partial charge in [-0.25, -0.2) is 4.79 Å². The second-order valence-electron chi connectivity index (χ2n) is 5.42. The van der Waals surface area contributed by atoms with Crippen molar-refractivity contribution in [2.24, 2.45) is 5.92 Å². The Labute approximate surface area is 103 Å². The number of ether oxygens (including phenoxy) is 2. The monoisotopic (exact) mass is 239 g/mol. The van der Waals surface area contributed by atoms with Crippen molar-refractivity contribution >= 4 is 6.09 Å². The van der Waals surface area contributed by atoms with Crippen LogP contribution in [0.5, 0.6) is 0 Å². The lowest BCUT2D eigenvalue weighted by Gasteiger charge is -2.24. The Kier molecular flexibility index (Phi) is 4.41. The fourth-order valence-electron chi connectivity index (χ4n) is 1.78. The lowest BCUT2D eigenvalue weighted by molar-refractivity contribution is 0.0232. The van der Waals surface area contributed by atoms with Gasteiger partial charge in [-0.15, -0.1) is 6.42 Å². The molecular weight excluding hydrogens is 218 g/mol. The molecule has 1 amide bonds. The Balaban J connectivity index is 2.48. The minimum atomic E-state index is -0.460. The van der Waals surface area contributed by atoms with Gasteiger partial charge >= 0.3 is 6.09 Å². The molecule has 0 bridgehead atoms. The first-order valence-electron chi connectivity index (χ1n) is 5.86. The van der Waals surface area contributed by atoms with Crippen LogP contribution in [-0.2, 0) is 9.47 Å². The highest BCUT2D eigenvalue weighted by Gasteiger charge is 2.35. The lowest BCUT2D eigenvalue weighted by atomic mass is 10.1. The highest BCUT2D eigenvalue weighted by Crippen LogP contribution is 2.21. The number of hydrogen-bond acceptors (Lipinski definition) is 3. The predicted molar refractivity (Wildman–Crippen MR) is 65.5 cm³/mol. The Morgan fingerprint density at radius 2 is 2.12 bits per heavy atom. The second-order valence-corrected chi connectivity index (χ2v) is 5.42. The molecule has 0 aliphatic carbocycles. The fourth-order valence-corrected chi connectivity index (χ4v) is 1.78. The quantitative estimate of drug-likeness (QED) is 0.691. The molecule has 4 nitrogen and oxygen atoms in total. The van der Waals surface area contributed by atoms with Crippen LogP contribution in [0.25, 0.3) is 0 Å². The molecule has 17 heavy (non-hydrogen) atoms. The van der Waals surface area contributed by atoms with Crippen molar-refractivity contribution in [1.82, 2.24) is 4.90 Å². The van der Waals surface area contributed by atoms with E-state index in [0.29, 0.717) is 13.1 Å². The number of rotatable bonds is 2. The van der Waals surface area contributed by atoms with E-state index in [-0.39, 0.29) is 24.7 Å². The molecule has 0 N–H and O–H groups in total. The largest absolute Gasteiger partial charge is 0.444 e. The minimum absolute atomic E-state index is 0.0126. The van der Waals surface area contributed by atoms with E-state index >= 15 is 0 Å². The predicted octanol–water partition coefficient (Wildman–Crippen LogP) is 1.89. The van der Waals surface area contributed by atoms with Crippen molar-refractivity contribution < 1.29 is 14.3 Å². The fraction of sp³-hybridized carbons (Fsp3) is 0.769. The maximum Gasteiger partial charge on any atom is 0.410 e. The Hall–Kier alpha value is -1.21. The van der Waals surface area contributed by atoms with E-state index < -0.39 is 5.60 Å². The number of carbonyl (C=O) groups is 1. The molecule has 0 spiro atoms. The van der Waals surface area contributed by atoms with Gasteiger partial charge in [0.1, 0.15) is 12.2 Å². The summed E-state index contributed by atoms with van der Waals surface area (Å²) in [6.45, 7) is 9.12. The molecule has 1 rings (SSSR count). The lowest BCUT2D eigenvalue weighted by Crippen LogP contribution is -2.36. The van der Waals surface area contributed by atoms with Gasteiger partial charge in [0.25, 0.3) is 0 Å². The van der Waals surface area contributed by atoms with Gasteiger partial charge in [0.15, 0.2) is 0 Å². The summed E-state index contributed by atoms with van der Waals surface area (Å²) >= 11 is 0. The van der Waals surface area contributed by atoms with Crippen molar-refractivity contribution in [3.05, 3.63) is 0 Å². The summed E-state index contributed by atoms with van der Waals surface area (Å²) in [5, 5.41) is 0. The highest BCUT2D eigenvalue weighted by atomic mass is 16.6. The molecule has 1 aliphatic rings. The van der Waals surface area contributed by atoms with Crippen LogP contribution in [0.3, 0.4) is 0 Å². The second kappa shape index (κ2) is 5.42. The summed E-state index contributed by atoms with van der Waals surface area (Å²) in [5.74, 6) is 2.73. The van der Waals surface area contributed by atoms with Gasteiger partial charge in [-0.3, -0.25) is 0 Å². The molecule has 96 valence electrons. The van der Waals surface area contributed by atoms with Gasteiger partial charge in [-0.1, -0.05) is 12.8 Å². The van der Waals surface area contributed by atoms with Gasteiger partial charge in [-0.2, -0.15) is 0 Å². The molecule has 0 saturated carbocycles. The van der Waals surface area contributed by atoms with Gasteiger partial charge in [0.2, 0.25) is 0 Å². The van der Waals surface area contributed by atoms with Crippen LogP contribution < -0.4 is 0 Å². The molecule has 0 aromatic carbocycles. The van der Waals surface area contributed by atoms with E-state index in [1.807, 2.05) is 27.7 Å². The van der Waals surface area contributed by atoms with Crippen LogP contribution in [0, 0.1) is 18.3 Å². The van der Waals surface area contributed by atoms with Crippen molar-refractivity contribution in [2.75, 3.05) is 19.7 Å². The summed E-state index contributed by atoms with van der Waals surface area (Å²) in [4.78, 5) is 13.5. The summed E-state index contributed by atoms with van der Waals surface area (Å²) in [7, 11) is 0. The van der Waals surface area contributed by atoms with E-state index in [9.17, 15) is 4.79 Å². The van der Waals surface area contributed by atoms with Gasteiger partial charge in [0.05, 0.1) is 12.6 Å². The molecule has 0 aromatic rings. The number of nitrogens with zero attached hydrogens (tertiary/aromatic N) is 1. The Morgan fingerprint density at radius 3 is 2.65 bits per heavy atom. The van der Waals surface area contributed by atoms with E-state index in [4.69, 9.17) is 15.9 Å². The number of terminal acetylenes is 1. The first-order valence-corrected chi connectivity index (χ1v) is 5.86. The van der Waals surface area contributed by atoms with Gasteiger partial charge in [0, 0.05) is 12.5 Å². The summed E-state index contributed by atoms with van der Waals surface area (Å²) in [6.07, 6.45) is 4.88. The number of hydrogen-bond donors (Lipinski definition) is 0. The van der Waals surface area contributed by atoms with E-state index in [1.54, 1.807) is 4.90 Å². The molecule has 2 atom stereocenters.